The van der Waals surface area contributed by atoms with E-state index in [2.05, 4.69) is 5.32 Å². The molecule has 21 heavy (non-hydrogen) atoms. The molecule has 2 heterocycles. The summed E-state index contributed by atoms with van der Waals surface area (Å²) in [5, 5.41) is 3.14. The second kappa shape index (κ2) is 8.60. The molecule has 120 valence electrons. The van der Waals surface area contributed by atoms with Gasteiger partial charge >= 0.3 is 0 Å². The summed E-state index contributed by atoms with van der Waals surface area (Å²) in [7, 11) is 1.91. The van der Waals surface area contributed by atoms with Crippen LogP contribution in [0.25, 0.3) is 0 Å². The number of hydrogen-bond donors (Lipinski definition) is 1. The summed E-state index contributed by atoms with van der Waals surface area (Å²) in [6.07, 6.45) is 2.15. The maximum atomic E-state index is 12.2. The van der Waals surface area contributed by atoms with E-state index in [1.54, 1.807) is 0 Å². The second-order valence-corrected chi connectivity index (χ2v) is 6.41. The molecule has 2 aliphatic rings. The van der Waals surface area contributed by atoms with Crippen LogP contribution in [0.1, 0.15) is 12.8 Å². The maximum absolute atomic E-state index is 12.2. The number of nitrogens with zero attached hydrogens (tertiary/aromatic N) is 2. The number of likely N-dealkylation sites (tertiary alicyclic amines) is 1. The largest absolute Gasteiger partial charge is 0.378 e. The van der Waals surface area contributed by atoms with Gasteiger partial charge in [-0.1, -0.05) is 0 Å². The van der Waals surface area contributed by atoms with Crippen LogP contribution in [0.3, 0.4) is 0 Å². The van der Waals surface area contributed by atoms with Crippen molar-refractivity contribution in [3.8, 4) is 0 Å². The molecule has 0 saturated carbocycles. The Morgan fingerprint density at radius 2 is 1.90 bits per heavy atom. The van der Waals surface area contributed by atoms with Crippen LogP contribution < -0.4 is 5.32 Å². The lowest BCUT2D eigenvalue weighted by atomic mass is 10.2. The lowest BCUT2D eigenvalue weighted by molar-refractivity contribution is -0.132. The van der Waals surface area contributed by atoms with Gasteiger partial charge in [-0.25, -0.2) is 0 Å². The quantitative estimate of drug-likeness (QED) is 0.735. The van der Waals surface area contributed by atoms with Gasteiger partial charge in [-0.3, -0.25) is 9.59 Å². The fourth-order valence-electron chi connectivity index (χ4n) is 2.82. The zero-order valence-corrected chi connectivity index (χ0v) is 13.5. The third-order valence-corrected chi connectivity index (χ3v) is 4.85. The van der Waals surface area contributed by atoms with Crippen LogP contribution in [0.2, 0.25) is 0 Å². The van der Waals surface area contributed by atoms with E-state index < -0.39 is 0 Å². The van der Waals surface area contributed by atoms with Crippen LogP contribution in [-0.2, 0) is 14.3 Å². The van der Waals surface area contributed by atoms with Crippen LogP contribution in [0.4, 0.5) is 0 Å². The molecule has 0 aromatic heterocycles. The molecule has 7 heteroatoms. The zero-order chi connectivity index (χ0) is 15.1. The van der Waals surface area contributed by atoms with Crippen molar-refractivity contribution in [3.63, 3.8) is 0 Å². The number of ether oxygens (including phenoxy) is 1. The van der Waals surface area contributed by atoms with Crippen LogP contribution >= 0.6 is 11.8 Å². The Labute approximate surface area is 130 Å². The van der Waals surface area contributed by atoms with Crippen LogP contribution in [-0.4, -0.2) is 85.6 Å². The van der Waals surface area contributed by atoms with Gasteiger partial charge in [0.15, 0.2) is 0 Å². The highest BCUT2D eigenvalue weighted by Crippen LogP contribution is 2.18. The van der Waals surface area contributed by atoms with Gasteiger partial charge < -0.3 is 19.9 Å². The van der Waals surface area contributed by atoms with E-state index in [0.29, 0.717) is 43.9 Å². The molecule has 1 N–H and O–H groups in total. The third kappa shape index (κ3) is 4.86. The molecule has 2 rings (SSSR count). The minimum atomic E-state index is 0.115. The van der Waals surface area contributed by atoms with Gasteiger partial charge in [-0.2, -0.15) is 0 Å². The van der Waals surface area contributed by atoms with Crippen molar-refractivity contribution in [2.45, 2.75) is 18.9 Å². The number of hydrogen-bond acceptors (Lipinski definition) is 5. The lowest BCUT2D eigenvalue weighted by Crippen LogP contribution is -2.43. The molecule has 0 aliphatic carbocycles. The number of nitrogens with one attached hydrogen (secondary N) is 1. The first-order valence-electron chi connectivity index (χ1n) is 7.59. The maximum Gasteiger partial charge on any atom is 0.232 e. The van der Waals surface area contributed by atoms with Crippen molar-refractivity contribution in [3.05, 3.63) is 0 Å². The number of carbonyl (C=O) groups is 2. The van der Waals surface area contributed by atoms with Crippen molar-refractivity contribution in [1.82, 2.24) is 15.1 Å². The lowest BCUT2D eigenvalue weighted by Gasteiger charge is -2.27. The fraction of sp³-hybridized carbons (Fsp3) is 0.857. The Morgan fingerprint density at radius 1 is 1.19 bits per heavy atom. The average molecular weight is 315 g/mol. The normalized spacial score (nSPS) is 22.6. The second-order valence-electron chi connectivity index (χ2n) is 5.43. The number of thioether (sulfide) groups is 1. The molecule has 1 unspecified atom stereocenters. The average Bonchev–Trinajstić information content (AvgIpc) is 2.96. The molecular formula is C14H25N3O3S. The Bertz CT molecular complexity index is 361. The van der Waals surface area contributed by atoms with Gasteiger partial charge in [0.25, 0.3) is 0 Å². The molecule has 0 aromatic carbocycles. The number of likely N-dealkylation sites (N-methyl/N-ethyl adjacent to an activating group) is 1. The van der Waals surface area contributed by atoms with Gasteiger partial charge in [0.05, 0.1) is 24.7 Å². The number of rotatable bonds is 6. The van der Waals surface area contributed by atoms with Gasteiger partial charge in [-0.15, -0.1) is 11.8 Å². The Morgan fingerprint density at radius 3 is 2.62 bits per heavy atom. The summed E-state index contributed by atoms with van der Waals surface area (Å²) in [5.41, 5.74) is 0. The smallest absolute Gasteiger partial charge is 0.232 e. The highest BCUT2D eigenvalue weighted by Gasteiger charge is 2.28. The minimum Gasteiger partial charge on any atom is -0.378 e. The van der Waals surface area contributed by atoms with E-state index >= 15 is 0 Å². The van der Waals surface area contributed by atoms with E-state index in [1.165, 1.54) is 11.8 Å². The van der Waals surface area contributed by atoms with Gasteiger partial charge in [-0.05, 0) is 19.9 Å². The first-order chi connectivity index (χ1) is 10.2. The fourth-order valence-corrected chi connectivity index (χ4v) is 3.62. The molecule has 2 amide bonds. The Kier molecular flexibility index (Phi) is 6.79. The predicted octanol–water partition coefficient (Wildman–Crippen LogP) is -0.211. The molecule has 2 fully saturated rings. The van der Waals surface area contributed by atoms with Gasteiger partial charge in [0.2, 0.25) is 11.8 Å². The highest BCUT2D eigenvalue weighted by molar-refractivity contribution is 8.00. The van der Waals surface area contributed by atoms with E-state index in [4.69, 9.17) is 4.74 Å². The van der Waals surface area contributed by atoms with Gasteiger partial charge in [0.1, 0.15) is 0 Å². The minimum absolute atomic E-state index is 0.115. The summed E-state index contributed by atoms with van der Waals surface area (Å²) in [6.45, 7) is 4.28. The standard InChI is InChI=1S/C14H25N3O3S/c1-15-9-12-3-2-4-17(12)14(19)11-21-10-13(18)16-5-7-20-8-6-16/h12,15H,2-11H2,1H3. The molecule has 0 spiro atoms. The van der Waals surface area contributed by atoms with Crippen molar-refractivity contribution in [2.24, 2.45) is 0 Å². The number of morpholine rings is 1. The molecule has 2 saturated heterocycles. The van der Waals surface area contributed by atoms with Crippen molar-refractivity contribution < 1.29 is 14.3 Å². The number of carbonyl (C=O) groups excluding carboxylic acids is 2. The SMILES string of the molecule is CNCC1CCCN1C(=O)CSCC(=O)N1CCOCC1. The molecule has 0 aromatic rings. The van der Waals surface area contributed by atoms with Crippen LogP contribution in [0, 0.1) is 0 Å². The Hall–Kier alpha value is -0.790. The first kappa shape index (κ1) is 16.6. The molecule has 0 radical (unpaired) electrons. The van der Waals surface area contributed by atoms with Crippen molar-refractivity contribution >= 4 is 23.6 Å². The predicted molar refractivity (Wildman–Crippen MR) is 83.4 cm³/mol. The summed E-state index contributed by atoms with van der Waals surface area (Å²) >= 11 is 1.43. The highest BCUT2D eigenvalue weighted by atomic mass is 32.2. The van der Waals surface area contributed by atoms with E-state index in [1.807, 2.05) is 16.8 Å². The third-order valence-electron chi connectivity index (χ3n) is 3.95. The van der Waals surface area contributed by atoms with Crippen LogP contribution in [0.5, 0.6) is 0 Å². The van der Waals surface area contributed by atoms with Crippen molar-refractivity contribution in [1.29, 1.82) is 0 Å². The summed E-state index contributed by atoms with van der Waals surface area (Å²) in [6, 6.07) is 0.318. The molecular weight excluding hydrogens is 290 g/mol. The van der Waals surface area contributed by atoms with E-state index in [0.717, 1.165) is 25.9 Å². The zero-order valence-electron chi connectivity index (χ0n) is 12.7. The van der Waals surface area contributed by atoms with Gasteiger partial charge in [0, 0.05) is 32.2 Å². The summed E-state index contributed by atoms with van der Waals surface area (Å²) < 4.78 is 5.23. The molecule has 0 bridgehead atoms. The van der Waals surface area contributed by atoms with E-state index in [9.17, 15) is 9.59 Å². The van der Waals surface area contributed by atoms with Crippen molar-refractivity contribution in [2.75, 3.05) is 57.9 Å². The monoisotopic (exact) mass is 315 g/mol. The summed E-state index contributed by atoms with van der Waals surface area (Å²) in [4.78, 5) is 28.0. The molecule has 6 nitrogen and oxygen atoms in total. The molecule has 2 aliphatic heterocycles. The Balaban J connectivity index is 1.67. The van der Waals surface area contributed by atoms with Crippen LogP contribution in [0.15, 0.2) is 0 Å². The summed E-state index contributed by atoms with van der Waals surface area (Å²) in [5.74, 6) is 1.06. The van der Waals surface area contributed by atoms with E-state index in [-0.39, 0.29) is 11.8 Å². The topological polar surface area (TPSA) is 61.9 Å². The first-order valence-corrected chi connectivity index (χ1v) is 8.75. The number of amides is 2. The molecule has 1 atom stereocenters.